The van der Waals surface area contributed by atoms with E-state index in [1.165, 1.54) is 12.0 Å². The molecule has 1 aliphatic rings. The van der Waals surface area contributed by atoms with Crippen molar-refractivity contribution in [2.45, 2.75) is 31.8 Å². The van der Waals surface area contributed by atoms with Gasteiger partial charge in [0.1, 0.15) is 12.0 Å². The maximum Gasteiger partial charge on any atom is 0.137 e. The number of piperidine rings is 1. The van der Waals surface area contributed by atoms with Gasteiger partial charge in [-0.1, -0.05) is 22.4 Å². The predicted octanol–water partition coefficient (Wildman–Crippen LogP) is 3.01. The number of methoxy groups -OCH3 is 1. The van der Waals surface area contributed by atoms with Gasteiger partial charge in [0.2, 0.25) is 0 Å². The molecule has 0 aromatic heterocycles. The molecule has 0 bridgehead atoms. The number of hydrogen-bond acceptors (Lipinski definition) is 3. The zero-order valence-electron chi connectivity index (χ0n) is 10.6. The van der Waals surface area contributed by atoms with Gasteiger partial charge in [0.15, 0.2) is 0 Å². The predicted molar refractivity (Wildman–Crippen MR) is 74.8 cm³/mol. The van der Waals surface area contributed by atoms with E-state index in [2.05, 4.69) is 20.8 Å². The number of rotatable bonds is 4. The van der Waals surface area contributed by atoms with Crippen LogP contribution in [-0.4, -0.2) is 30.9 Å². The SMILES string of the molecule is COc1ccc(Br)c(CN2CCCCC2C=O)c1. The summed E-state index contributed by atoms with van der Waals surface area (Å²) in [4.78, 5) is 13.3. The topological polar surface area (TPSA) is 29.5 Å². The summed E-state index contributed by atoms with van der Waals surface area (Å²) in [6.07, 6.45) is 4.38. The molecule has 0 N–H and O–H groups in total. The molecular formula is C14H18BrNO2. The number of hydrogen-bond donors (Lipinski definition) is 0. The Labute approximate surface area is 116 Å². The first-order valence-corrected chi connectivity index (χ1v) is 7.05. The van der Waals surface area contributed by atoms with Crippen LogP contribution in [0.25, 0.3) is 0 Å². The molecule has 4 heteroatoms. The molecule has 0 radical (unpaired) electrons. The Hall–Kier alpha value is -0.870. The lowest BCUT2D eigenvalue weighted by Gasteiger charge is -2.32. The number of carbonyl (C=O) groups excluding carboxylic acids is 1. The van der Waals surface area contributed by atoms with Gasteiger partial charge in [-0.3, -0.25) is 4.90 Å². The quantitative estimate of drug-likeness (QED) is 0.801. The summed E-state index contributed by atoms with van der Waals surface area (Å²) in [5.41, 5.74) is 1.17. The van der Waals surface area contributed by atoms with E-state index in [0.717, 1.165) is 42.4 Å². The summed E-state index contributed by atoms with van der Waals surface area (Å²) < 4.78 is 6.31. The number of aldehydes is 1. The third-order valence-corrected chi connectivity index (χ3v) is 4.22. The molecule has 0 spiro atoms. The van der Waals surface area contributed by atoms with Crippen LogP contribution < -0.4 is 4.74 Å². The molecule has 2 rings (SSSR count). The van der Waals surface area contributed by atoms with Gasteiger partial charge in [-0.15, -0.1) is 0 Å². The van der Waals surface area contributed by atoms with Crippen molar-refractivity contribution in [3.8, 4) is 5.75 Å². The van der Waals surface area contributed by atoms with Crippen molar-refractivity contribution >= 4 is 22.2 Å². The Bertz CT molecular complexity index is 422. The van der Waals surface area contributed by atoms with E-state index in [-0.39, 0.29) is 6.04 Å². The zero-order valence-corrected chi connectivity index (χ0v) is 12.1. The monoisotopic (exact) mass is 311 g/mol. The summed E-state index contributed by atoms with van der Waals surface area (Å²) in [7, 11) is 1.67. The van der Waals surface area contributed by atoms with Crippen LogP contribution in [0.2, 0.25) is 0 Å². The molecule has 1 fully saturated rings. The van der Waals surface area contributed by atoms with E-state index < -0.39 is 0 Å². The van der Waals surface area contributed by atoms with Gasteiger partial charge in [0, 0.05) is 11.0 Å². The fraction of sp³-hybridized carbons (Fsp3) is 0.500. The van der Waals surface area contributed by atoms with Crippen LogP contribution in [0, 0.1) is 0 Å². The molecule has 1 heterocycles. The largest absolute Gasteiger partial charge is 0.497 e. The van der Waals surface area contributed by atoms with E-state index in [4.69, 9.17) is 4.74 Å². The summed E-state index contributed by atoms with van der Waals surface area (Å²) in [5, 5.41) is 0. The van der Waals surface area contributed by atoms with E-state index >= 15 is 0 Å². The van der Waals surface area contributed by atoms with Crippen molar-refractivity contribution in [2.75, 3.05) is 13.7 Å². The summed E-state index contributed by atoms with van der Waals surface area (Å²) >= 11 is 3.56. The molecule has 0 aliphatic carbocycles. The average molecular weight is 312 g/mol. The van der Waals surface area contributed by atoms with Crippen LogP contribution in [-0.2, 0) is 11.3 Å². The average Bonchev–Trinajstić information content (AvgIpc) is 2.42. The highest BCUT2D eigenvalue weighted by Gasteiger charge is 2.22. The molecule has 1 saturated heterocycles. The minimum atomic E-state index is 0.0665. The second kappa shape index (κ2) is 6.34. The number of halogens is 1. The first-order valence-electron chi connectivity index (χ1n) is 6.26. The van der Waals surface area contributed by atoms with E-state index in [1.54, 1.807) is 7.11 Å². The van der Waals surface area contributed by atoms with E-state index in [0.29, 0.717) is 0 Å². The molecule has 98 valence electrons. The Kier molecular flexibility index (Phi) is 4.78. The minimum absolute atomic E-state index is 0.0665. The molecule has 0 saturated carbocycles. The van der Waals surface area contributed by atoms with Gasteiger partial charge in [0.25, 0.3) is 0 Å². The van der Waals surface area contributed by atoms with Crippen LogP contribution in [0.5, 0.6) is 5.75 Å². The Balaban J connectivity index is 2.14. The van der Waals surface area contributed by atoms with Gasteiger partial charge >= 0.3 is 0 Å². The van der Waals surface area contributed by atoms with Crippen molar-refractivity contribution in [1.82, 2.24) is 4.90 Å². The van der Waals surface area contributed by atoms with Crippen molar-refractivity contribution in [3.05, 3.63) is 28.2 Å². The fourth-order valence-electron chi connectivity index (χ4n) is 2.39. The van der Waals surface area contributed by atoms with Crippen LogP contribution >= 0.6 is 15.9 Å². The molecule has 1 aliphatic heterocycles. The van der Waals surface area contributed by atoms with Crippen molar-refractivity contribution in [1.29, 1.82) is 0 Å². The minimum Gasteiger partial charge on any atom is -0.497 e. The Morgan fingerprint density at radius 2 is 2.33 bits per heavy atom. The number of nitrogens with zero attached hydrogens (tertiary/aromatic N) is 1. The molecule has 1 atom stereocenters. The van der Waals surface area contributed by atoms with Gasteiger partial charge in [0.05, 0.1) is 13.2 Å². The molecule has 1 aromatic rings. The molecule has 1 aromatic carbocycles. The number of likely N-dealkylation sites (tertiary alicyclic amines) is 1. The summed E-state index contributed by atoms with van der Waals surface area (Å²) in [6.45, 7) is 1.79. The van der Waals surface area contributed by atoms with Crippen molar-refractivity contribution in [3.63, 3.8) is 0 Å². The summed E-state index contributed by atoms with van der Waals surface area (Å²) in [5.74, 6) is 0.855. The van der Waals surface area contributed by atoms with Crippen molar-refractivity contribution in [2.24, 2.45) is 0 Å². The van der Waals surface area contributed by atoms with Crippen LogP contribution in [0.3, 0.4) is 0 Å². The lowest BCUT2D eigenvalue weighted by Crippen LogP contribution is -2.39. The number of ether oxygens (including phenoxy) is 1. The second-order valence-corrected chi connectivity index (χ2v) is 5.48. The lowest BCUT2D eigenvalue weighted by atomic mass is 10.0. The van der Waals surface area contributed by atoms with Crippen molar-refractivity contribution < 1.29 is 9.53 Å². The first kappa shape index (κ1) is 13.6. The molecular weight excluding hydrogens is 294 g/mol. The van der Waals surface area contributed by atoms with Gasteiger partial charge in [-0.2, -0.15) is 0 Å². The number of carbonyl (C=O) groups is 1. The van der Waals surface area contributed by atoms with Gasteiger partial charge < -0.3 is 9.53 Å². The molecule has 18 heavy (non-hydrogen) atoms. The Morgan fingerprint density at radius 1 is 1.50 bits per heavy atom. The van der Waals surface area contributed by atoms with E-state index in [9.17, 15) is 4.79 Å². The fourth-order valence-corrected chi connectivity index (χ4v) is 2.76. The molecule has 0 amide bonds. The normalized spacial score (nSPS) is 20.7. The smallest absolute Gasteiger partial charge is 0.137 e. The highest BCUT2D eigenvalue weighted by atomic mass is 79.9. The second-order valence-electron chi connectivity index (χ2n) is 4.63. The molecule has 1 unspecified atom stereocenters. The van der Waals surface area contributed by atoms with Crippen LogP contribution in [0.4, 0.5) is 0 Å². The maximum atomic E-state index is 11.1. The van der Waals surface area contributed by atoms with Crippen LogP contribution in [0.15, 0.2) is 22.7 Å². The standard InChI is InChI=1S/C14H18BrNO2/c1-18-13-5-6-14(15)11(8-13)9-16-7-3-2-4-12(16)10-17/h5-6,8,10,12H,2-4,7,9H2,1H3. The zero-order chi connectivity index (χ0) is 13.0. The summed E-state index contributed by atoms with van der Waals surface area (Å²) in [6, 6.07) is 6.02. The number of benzene rings is 1. The third-order valence-electron chi connectivity index (χ3n) is 3.45. The highest BCUT2D eigenvalue weighted by molar-refractivity contribution is 9.10. The maximum absolute atomic E-state index is 11.1. The van der Waals surface area contributed by atoms with Gasteiger partial charge in [-0.25, -0.2) is 0 Å². The highest BCUT2D eigenvalue weighted by Crippen LogP contribution is 2.26. The Morgan fingerprint density at radius 3 is 3.06 bits per heavy atom. The van der Waals surface area contributed by atoms with Crippen LogP contribution in [0.1, 0.15) is 24.8 Å². The first-order chi connectivity index (χ1) is 8.74. The third kappa shape index (κ3) is 3.12. The van der Waals surface area contributed by atoms with Gasteiger partial charge in [-0.05, 0) is 43.1 Å². The van der Waals surface area contributed by atoms with E-state index in [1.807, 2.05) is 18.2 Å². The lowest BCUT2D eigenvalue weighted by molar-refractivity contribution is -0.113. The molecule has 3 nitrogen and oxygen atoms in total.